The second-order valence-electron chi connectivity index (χ2n) is 8.66. The van der Waals surface area contributed by atoms with E-state index in [9.17, 15) is 5.11 Å². The Kier molecular flexibility index (Phi) is 5.24. The number of nitrogens with one attached hydrogen (secondary N) is 2. The van der Waals surface area contributed by atoms with Crippen molar-refractivity contribution < 1.29 is 5.11 Å². The van der Waals surface area contributed by atoms with Crippen molar-refractivity contribution in [2.45, 2.75) is 63.6 Å². The first kappa shape index (κ1) is 16.3. The van der Waals surface area contributed by atoms with Crippen molar-refractivity contribution in [1.82, 2.24) is 15.5 Å². The molecule has 0 amide bonds. The summed E-state index contributed by atoms with van der Waals surface area (Å²) >= 11 is 0. The third-order valence-electron chi connectivity index (χ3n) is 7.05. The molecule has 1 aliphatic carbocycles. The van der Waals surface area contributed by atoms with Gasteiger partial charge in [-0.1, -0.05) is 6.42 Å². The lowest BCUT2D eigenvalue weighted by molar-refractivity contribution is 0.0592. The lowest BCUT2D eigenvalue weighted by Crippen LogP contribution is -2.47. The number of fused-ring (bicyclic) bond motifs is 1. The standard InChI is InChI=1S/C19H35N3O/c23-16-6-1-4-14(10-16)12-22-9-3-5-15(13-22)18-11-21-19-17(18)7-2-8-20-19/h14-21,23H,1-13H2. The Labute approximate surface area is 141 Å². The van der Waals surface area contributed by atoms with E-state index in [1.165, 1.54) is 71.2 Å². The van der Waals surface area contributed by atoms with E-state index in [-0.39, 0.29) is 6.10 Å². The fourth-order valence-corrected chi connectivity index (χ4v) is 5.93. The number of nitrogens with zero attached hydrogens (tertiary/aromatic N) is 1. The highest BCUT2D eigenvalue weighted by Crippen LogP contribution is 2.38. The molecule has 4 aliphatic rings. The van der Waals surface area contributed by atoms with Crippen LogP contribution in [0.1, 0.15) is 51.4 Å². The quantitative estimate of drug-likeness (QED) is 0.742. The summed E-state index contributed by atoms with van der Waals surface area (Å²) in [5.74, 6) is 3.38. The Morgan fingerprint density at radius 2 is 1.91 bits per heavy atom. The summed E-state index contributed by atoms with van der Waals surface area (Å²) in [5, 5.41) is 17.4. The molecule has 0 spiro atoms. The van der Waals surface area contributed by atoms with E-state index < -0.39 is 0 Å². The highest BCUT2D eigenvalue weighted by molar-refractivity contribution is 4.96. The van der Waals surface area contributed by atoms with E-state index >= 15 is 0 Å². The minimum absolute atomic E-state index is 0.0255. The number of rotatable bonds is 3. The molecule has 3 aliphatic heterocycles. The van der Waals surface area contributed by atoms with Gasteiger partial charge in [-0.3, -0.25) is 0 Å². The molecule has 3 saturated heterocycles. The van der Waals surface area contributed by atoms with Crippen molar-refractivity contribution in [3.8, 4) is 0 Å². The third kappa shape index (κ3) is 3.76. The number of aliphatic hydroxyl groups is 1. The first-order chi connectivity index (χ1) is 11.3. The molecule has 0 aromatic carbocycles. The predicted molar refractivity (Wildman–Crippen MR) is 93.1 cm³/mol. The number of aliphatic hydroxyl groups excluding tert-OH is 1. The second-order valence-corrected chi connectivity index (χ2v) is 8.66. The van der Waals surface area contributed by atoms with Gasteiger partial charge in [0.15, 0.2) is 0 Å². The van der Waals surface area contributed by atoms with Gasteiger partial charge >= 0.3 is 0 Å². The number of likely N-dealkylation sites (tertiary alicyclic amines) is 1. The largest absolute Gasteiger partial charge is 0.393 e. The van der Waals surface area contributed by atoms with Crippen LogP contribution in [0.15, 0.2) is 0 Å². The average molecular weight is 322 g/mol. The molecule has 6 unspecified atom stereocenters. The predicted octanol–water partition coefficient (Wildman–Crippen LogP) is 1.79. The van der Waals surface area contributed by atoms with Gasteiger partial charge in [-0.25, -0.2) is 0 Å². The molecule has 0 aromatic rings. The number of hydrogen-bond donors (Lipinski definition) is 3. The average Bonchev–Trinajstić information content (AvgIpc) is 2.99. The van der Waals surface area contributed by atoms with Crippen molar-refractivity contribution in [3.05, 3.63) is 0 Å². The van der Waals surface area contributed by atoms with Crippen LogP contribution in [0.5, 0.6) is 0 Å². The molecule has 0 radical (unpaired) electrons. The summed E-state index contributed by atoms with van der Waals surface area (Å²) in [6, 6.07) is 0. The maximum Gasteiger partial charge on any atom is 0.0604 e. The molecule has 4 heteroatoms. The lowest BCUT2D eigenvalue weighted by atomic mass is 9.75. The van der Waals surface area contributed by atoms with E-state index in [0.717, 1.165) is 36.5 Å². The molecule has 3 heterocycles. The van der Waals surface area contributed by atoms with Crippen LogP contribution in [-0.2, 0) is 0 Å². The Morgan fingerprint density at radius 1 is 0.957 bits per heavy atom. The van der Waals surface area contributed by atoms with Gasteiger partial charge in [0, 0.05) is 19.6 Å². The van der Waals surface area contributed by atoms with Gasteiger partial charge in [-0.2, -0.15) is 0 Å². The summed E-state index contributed by atoms with van der Waals surface area (Å²) < 4.78 is 0. The zero-order valence-corrected chi connectivity index (χ0v) is 14.6. The van der Waals surface area contributed by atoms with Gasteiger partial charge in [0.1, 0.15) is 0 Å². The first-order valence-corrected chi connectivity index (χ1v) is 10.2. The Balaban J connectivity index is 1.32. The molecule has 4 rings (SSSR count). The summed E-state index contributed by atoms with van der Waals surface area (Å²) in [6.45, 7) is 6.25. The van der Waals surface area contributed by atoms with Crippen LogP contribution < -0.4 is 10.6 Å². The lowest BCUT2D eigenvalue weighted by Gasteiger charge is -2.41. The van der Waals surface area contributed by atoms with Gasteiger partial charge in [-0.15, -0.1) is 0 Å². The summed E-state index contributed by atoms with van der Waals surface area (Å²) in [5.41, 5.74) is 0. The van der Waals surface area contributed by atoms with Crippen LogP contribution in [0.25, 0.3) is 0 Å². The third-order valence-corrected chi connectivity index (χ3v) is 7.05. The SMILES string of the molecule is OC1CCCC(CN2CCCC(C3CNC4NCCCC43)C2)C1. The Hall–Kier alpha value is -0.160. The molecule has 0 bridgehead atoms. The van der Waals surface area contributed by atoms with Crippen LogP contribution in [0.2, 0.25) is 0 Å². The summed E-state index contributed by atoms with van der Waals surface area (Å²) in [6.07, 6.45) is 10.8. The molecule has 0 aromatic heterocycles. The monoisotopic (exact) mass is 321 g/mol. The Bertz CT molecular complexity index is 391. The molecule has 132 valence electrons. The fourth-order valence-electron chi connectivity index (χ4n) is 5.93. The molecular weight excluding hydrogens is 286 g/mol. The fraction of sp³-hybridized carbons (Fsp3) is 1.00. The number of hydrogen-bond acceptors (Lipinski definition) is 4. The van der Waals surface area contributed by atoms with E-state index in [0.29, 0.717) is 6.17 Å². The highest BCUT2D eigenvalue weighted by atomic mass is 16.3. The molecule has 6 atom stereocenters. The first-order valence-electron chi connectivity index (χ1n) is 10.2. The molecule has 1 saturated carbocycles. The van der Waals surface area contributed by atoms with E-state index in [4.69, 9.17) is 0 Å². The van der Waals surface area contributed by atoms with E-state index in [1.807, 2.05) is 0 Å². The maximum atomic E-state index is 9.93. The summed E-state index contributed by atoms with van der Waals surface area (Å²) in [4.78, 5) is 2.74. The van der Waals surface area contributed by atoms with Crippen molar-refractivity contribution in [2.75, 3.05) is 32.7 Å². The molecule has 4 nitrogen and oxygen atoms in total. The van der Waals surface area contributed by atoms with Crippen LogP contribution in [-0.4, -0.2) is 55.0 Å². The zero-order valence-electron chi connectivity index (χ0n) is 14.6. The van der Waals surface area contributed by atoms with Crippen molar-refractivity contribution in [2.24, 2.45) is 23.7 Å². The van der Waals surface area contributed by atoms with Crippen LogP contribution in [0, 0.1) is 23.7 Å². The minimum atomic E-state index is -0.0255. The van der Waals surface area contributed by atoms with Gasteiger partial charge < -0.3 is 20.6 Å². The molecular formula is C19H35N3O. The summed E-state index contributed by atoms with van der Waals surface area (Å²) in [7, 11) is 0. The van der Waals surface area contributed by atoms with Crippen LogP contribution in [0.3, 0.4) is 0 Å². The molecule has 4 fully saturated rings. The van der Waals surface area contributed by atoms with Crippen molar-refractivity contribution >= 4 is 0 Å². The smallest absolute Gasteiger partial charge is 0.0604 e. The molecule has 23 heavy (non-hydrogen) atoms. The highest BCUT2D eigenvalue weighted by Gasteiger charge is 2.42. The maximum absolute atomic E-state index is 9.93. The Morgan fingerprint density at radius 3 is 2.83 bits per heavy atom. The van der Waals surface area contributed by atoms with E-state index in [2.05, 4.69) is 15.5 Å². The van der Waals surface area contributed by atoms with E-state index in [1.54, 1.807) is 0 Å². The topological polar surface area (TPSA) is 47.5 Å². The van der Waals surface area contributed by atoms with Crippen LogP contribution in [0.4, 0.5) is 0 Å². The van der Waals surface area contributed by atoms with Crippen molar-refractivity contribution in [1.29, 1.82) is 0 Å². The van der Waals surface area contributed by atoms with Gasteiger partial charge in [0.2, 0.25) is 0 Å². The van der Waals surface area contributed by atoms with Crippen LogP contribution >= 0.6 is 0 Å². The van der Waals surface area contributed by atoms with Gasteiger partial charge in [0.05, 0.1) is 12.3 Å². The van der Waals surface area contributed by atoms with Gasteiger partial charge in [-0.05, 0) is 81.7 Å². The second kappa shape index (κ2) is 7.38. The normalized spacial score (nSPS) is 45.8. The zero-order chi connectivity index (χ0) is 15.6. The molecule has 3 N–H and O–H groups in total. The van der Waals surface area contributed by atoms with Crippen molar-refractivity contribution in [3.63, 3.8) is 0 Å². The minimum Gasteiger partial charge on any atom is -0.393 e. The van der Waals surface area contributed by atoms with Gasteiger partial charge in [0.25, 0.3) is 0 Å². The number of piperidine rings is 2.